The zero-order chi connectivity index (χ0) is 22.9. The van der Waals surface area contributed by atoms with Crippen LogP contribution in [-0.2, 0) is 12.7 Å². The first kappa shape index (κ1) is 21.9. The number of halogens is 3. The summed E-state index contributed by atoms with van der Waals surface area (Å²) in [6, 6.07) is 13.1. The predicted molar refractivity (Wildman–Crippen MR) is 117 cm³/mol. The lowest BCUT2D eigenvalue weighted by Crippen LogP contribution is -2.22. The number of nitrogens with one attached hydrogen (secondary N) is 1. The molecular weight excluding hydrogens is 421 g/mol. The van der Waals surface area contributed by atoms with Crippen LogP contribution in [0.3, 0.4) is 0 Å². The van der Waals surface area contributed by atoms with Crippen molar-refractivity contribution >= 4 is 16.4 Å². The number of fused-ring (bicyclic) bond motifs is 2. The fourth-order valence-corrected chi connectivity index (χ4v) is 3.83. The van der Waals surface area contributed by atoms with Crippen LogP contribution in [0.2, 0.25) is 0 Å². The summed E-state index contributed by atoms with van der Waals surface area (Å²) in [6.45, 7) is 4.28. The summed E-state index contributed by atoms with van der Waals surface area (Å²) < 4.78 is 47.9. The molecule has 0 amide bonds. The molecule has 0 aliphatic heterocycles. The van der Waals surface area contributed by atoms with Crippen LogP contribution in [-0.4, -0.2) is 34.4 Å². The number of pyridine rings is 2. The van der Waals surface area contributed by atoms with Gasteiger partial charge in [-0.05, 0) is 60.8 Å². The third kappa shape index (κ3) is 4.08. The first-order chi connectivity index (χ1) is 15.3. The van der Waals surface area contributed by atoms with Gasteiger partial charge < -0.3 is 14.6 Å². The van der Waals surface area contributed by atoms with Crippen LogP contribution in [0.25, 0.3) is 27.5 Å². The minimum absolute atomic E-state index is 0.0841. The maximum atomic E-state index is 13.3. The topological polar surface area (TPSA) is 60.6 Å². The molecule has 32 heavy (non-hydrogen) atoms. The summed E-state index contributed by atoms with van der Waals surface area (Å²) >= 11 is 0. The Labute approximate surface area is 182 Å². The molecule has 0 bridgehead atoms. The summed E-state index contributed by atoms with van der Waals surface area (Å²) in [5.41, 5.74) is 1.30. The Morgan fingerprint density at radius 1 is 1.06 bits per heavy atom. The van der Waals surface area contributed by atoms with Crippen molar-refractivity contribution in [2.45, 2.75) is 26.1 Å². The average molecular weight is 444 g/mol. The SMILES string of the molecule is CCNCCCn1c(=O)ccc2cc(-c3ccc(OC)n4nc(C(F)(F)F)cc34)ccc21. The zero-order valence-corrected chi connectivity index (χ0v) is 17.7. The van der Waals surface area contributed by atoms with E-state index in [1.807, 2.05) is 25.1 Å². The van der Waals surface area contributed by atoms with Crippen LogP contribution in [0.4, 0.5) is 13.2 Å². The van der Waals surface area contributed by atoms with Gasteiger partial charge in [-0.15, -0.1) is 0 Å². The van der Waals surface area contributed by atoms with E-state index in [4.69, 9.17) is 4.74 Å². The van der Waals surface area contributed by atoms with Crippen molar-refractivity contribution in [3.63, 3.8) is 0 Å². The van der Waals surface area contributed by atoms with E-state index < -0.39 is 11.9 Å². The van der Waals surface area contributed by atoms with E-state index in [0.29, 0.717) is 12.1 Å². The van der Waals surface area contributed by atoms with Crippen LogP contribution in [0.15, 0.2) is 53.3 Å². The highest BCUT2D eigenvalue weighted by Crippen LogP contribution is 2.35. The molecule has 0 atom stereocenters. The summed E-state index contributed by atoms with van der Waals surface area (Å²) in [7, 11) is 1.38. The van der Waals surface area contributed by atoms with Crippen LogP contribution < -0.4 is 15.6 Å². The second-order valence-electron chi connectivity index (χ2n) is 7.42. The van der Waals surface area contributed by atoms with E-state index in [9.17, 15) is 18.0 Å². The van der Waals surface area contributed by atoms with Gasteiger partial charge in [-0.2, -0.15) is 22.8 Å². The largest absolute Gasteiger partial charge is 0.481 e. The van der Waals surface area contributed by atoms with Gasteiger partial charge in [-0.3, -0.25) is 4.79 Å². The Balaban J connectivity index is 1.81. The Bertz CT molecular complexity index is 1320. The second kappa shape index (κ2) is 8.66. The molecule has 0 radical (unpaired) electrons. The summed E-state index contributed by atoms with van der Waals surface area (Å²) in [5.74, 6) is 0.203. The third-order valence-electron chi connectivity index (χ3n) is 5.37. The van der Waals surface area contributed by atoms with Gasteiger partial charge in [-0.25, -0.2) is 0 Å². The van der Waals surface area contributed by atoms with E-state index >= 15 is 0 Å². The molecular formula is C23H23F3N4O2. The van der Waals surface area contributed by atoms with Crippen molar-refractivity contribution in [2.75, 3.05) is 20.2 Å². The summed E-state index contributed by atoms with van der Waals surface area (Å²) in [6.07, 6.45) is -3.76. The quantitative estimate of drug-likeness (QED) is 0.431. The number of hydrogen-bond donors (Lipinski definition) is 1. The molecule has 0 aliphatic carbocycles. The van der Waals surface area contributed by atoms with Gasteiger partial charge in [0.25, 0.3) is 5.56 Å². The van der Waals surface area contributed by atoms with Gasteiger partial charge >= 0.3 is 6.18 Å². The molecule has 0 saturated heterocycles. The van der Waals surface area contributed by atoms with Gasteiger partial charge in [0.15, 0.2) is 5.69 Å². The van der Waals surface area contributed by atoms with Crippen molar-refractivity contribution in [3.8, 4) is 17.0 Å². The normalized spacial score (nSPS) is 12.0. The maximum absolute atomic E-state index is 13.3. The number of benzene rings is 1. The van der Waals surface area contributed by atoms with Crippen molar-refractivity contribution in [2.24, 2.45) is 0 Å². The number of hydrogen-bond acceptors (Lipinski definition) is 4. The molecule has 0 unspecified atom stereocenters. The molecule has 0 fully saturated rings. The van der Waals surface area contributed by atoms with Crippen molar-refractivity contribution in [1.29, 1.82) is 0 Å². The highest BCUT2D eigenvalue weighted by atomic mass is 19.4. The highest BCUT2D eigenvalue weighted by Gasteiger charge is 2.34. The molecule has 3 heterocycles. The monoisotopic (exact) mass is 444 g/mol. The molecule has 1 aromatic carbocycles. The van der Waals surface area contributed by atoms with Crippen LogP contribution >= 0.6 is 0 Å². The van der Waals surface area contributed by atoms with Gasteiger partial charge in [0.2, 0.25) is 5.88 Å². The smallest absolute Gasteiger partial charge is 0.435 e. The Hall–Kier alpha value is -3.33. The molecule has 0 aliphatic rings. The van der Waals surface area contributed by atoms with E-state index in [2.05, 4.69) is 10.4 Å². The van der Waals surface area contributed by atoms with Gasteiger partial charge in [-0.1, -0.05) is 13.0 Å². The minimum Gasteiger partial charge on any atom is -0.481 e. The maximum Gasteiger partial charge on any atom is 0.435 e. The number of aromatic nitrogens is 3. The molecule has 1 N–H and O–H groups in total. The van der Waals surface area contributed by atoms with E-state index in [-0.39, 0.29) is 17.0 Å². The summed E-state index contributed by atoms with van der Waals surface area (Å²) in [5, 5.41) is 7.76. The zero-order valence-electron chi connectivity index (χ0n) is 17.7. The number of ether oxygens (including phenoxy) is 1. The third-order valence-corrected chi connectivity index (χ3v) is 5.37. The fourth-order valence-electron chi connectivity index (χ4n) is 3.83. The average Bonchev–Trinajstić information content (AvgIpc) is 3.23. The molecule has 4 aromatic rings. The van der Waals surface area contributed by atoms with Crippen LogP contribution in [0.5, 0.6) is 5.88 Å². The Morgan fingerprint density at radius 2 is 1.88 bits per heavy atom. The van der Waals surface area contributed by atoms with E-state index in [1.54, 1.807) is 22.8 Å². The van der Waals surface area contributed by atoms with Crippen LogP contribution in [0, 0.1) is 0 Å². The number of aryl methyl sites for hydroxylation is 1. The first-order valence-corrected chi connectivity index (χ1v) is 10.3. The number of nitrogens with zero attached hydrogens (tertiary/aromatic N) is 3. The predicted octanol–water partition coefficient (Wildman–Crippen LogP) is 4.34. The molecule has 6 nitrogen and oxygen atoms in total. The Kier molecular flexibility index (Phi) is 5.92. The van der Waals surface area contributed by atoms with Crippen molar-refractivity contribution in [1.82, 2.24) is 19.5 Å². The van der Waals surface area contributed by atoms with Crippen molar-refractivity contribution in [3.05, 3.63) is 64.6 Å². The number of methoxy groups -OCH3 is 1. The fraction of sp³-hybridized carbons (Fsp3) is 0.304. The first-order valence-electron chi connectivity index (χ1n) is 10.3. The minimum atomic E-state index is -4.57. The van der Waals surface area contributed by atoms with Gasteiger partial charge in [0.05, 0.1) is 18.1 Å². The lowest BCUT2D eigenvalue weighted by Gasteiger charge is -2.13. The van der Waals surface area contributed by atoms with Gasteiger partial charge in [0, 0.05) is 24.2 Å². The molecule has 168 valence electrons. The standard InChI is InChI=1S/C23H23F3N4O2/c1-3-27-11-4-12-29-18-8-5-15(13-16(18)6-9-21(29)31)17-7-10-22(32-2)30-19(17)14-20(28-30)23(24,25)26/h5-10,13-14,27H,3-4,11-12H2,1-2H3. The van der Waals surface area contributed by atoms with Crippen molar-refractivity contribution < 1.29 is 17.9 Å². The second-order valence-corrected chi connectivity index (χ2v) is 7.42. The number of rotatable bonds is 7. The molecule has 4 rings (SSSR count). The van der Waals surface area contributed by atoms with Gasteiger partial charge in [0.1, 0.15) is 0 Å². The van der Waals surface area contributed by atoms with E-state index in [0.717, 1.165) is 46.6 Å². The molecule has 9 heteroatoms. The molecule has 0 spiro atoms. The summed E-state index contributed by atoms with van der Waals surface area (Å²) in [4.78, 5) is 12.4. The molecule has 3 aromatic heterocycles. The highest BCUT2D eigenvalue weighted by molar-refractivity contribution is 5.89. The lowest BCUT2D eigenvalue weighted by atomic mass is 10.0. The van der Waals surface area contributed by atoms with E-state index in [1.165, 1.54) is 13.2 Å². The number of alkyl halides is 3. The lowest BCUT2D eigenvalue weighted by molar-refractivity contribution is -0.141. The molecule has 0 saturated carbocycles. The Morgan fingerprint density at radius 3 is 2.59 bits per heavy atom. The van der Waals surface area contributed by atoms with Crippen LogP contribution in [0.1, 0.15) is 19.0 Å².